The molecule has 0 saturated heterocycles. The van der Waals surface area contributed by atoms with Crippen LogP contribution >= 0.6 is 0 Å². The van der Waals surface area contributed by atoms with Crippen molar-refractivity contribution in [2.75, 3.05) is 26.2 Å². The molecule has 3 rings (SSSR count). The first-order chi connectivity index (χ1) is 10.2. The molecule has 0 aromatic rings. The molecule has 0 radical (unpaired) electrons. The van der Waals surface area contributed by atoms with E-state index in [0.29, 0.717) is 11.5 Å². The molecule has 0 heterocycles. The molecular formula is C19H36N2. The average Bonchev–Trinajstić information content (AvgIpc) is 3.34. The Hall–Kier alpha value is -0.0800. The number of hydrogen-bond acceptors (Lipinski definition) is 2. The molecule has 2 nitrogen and oxygen atoms in total. The maximum Gasteiger partial charge on any atom is 0.00504 e. The molecule has 0 amide bonds. The van der Waals surface area contributed by atoms with Crippen molar-refractivity contribution in [3.8, 4) is 0 Å². The molecule has 0 spiro atoms. The summed E-state index contributed by atoms with van der Waals surface area (Å²) in [6, 6.07) is 0.629. The van der Waals surface area contributed by atoms with Gasteiger partial charge in [0.25, 0.3) is 0 Å². The summed E-state index contributed by atoms with van der Waals surface area (Å²) in [5, 5.41) is 3.77. The van der Waals surface area contributed by atoms with Crippen LogP contribution in [0.5, 0.6) is 0 Å². The zero-order chi connectivity index (χ0) is 14.7. The smallest absolute Gasteiger partial charge is 0.00504 e. The van der Waals surface area contributed by atoms with E-state index in [2.05, 4.69) is 24.1 Å². The molecule has 0 aromatic carbocycles. The number of rotatable bonds is 9. The van der Waals surface area contributed by atoms with Gasteiger partial charge in [-0.1, -0.05) is 33.1 Å². The Labute approximate surface area is 132 Å². The topological polar surface area (TPSA) is 15.3 Å². The minimum absolute atomic E-state index is 0.576. The fourth-order valence-electron chi connectivity index (χ4n) is 4.12. The highest BCUT2D eigenvalue weighted by atomic mass is 15.1. The monoisotopic (exact) mass is 292 g/mol. The summed E-state index contributed by atoms with van der Waals surface area (Å²) >= 11 is 0. The van der Waals surface area contributed by atoms with Gasteiger partial charge in [0, 0.05) is 32.2 Å². The van der Waals surface area contributed by atoms with Crippen molar-refractivity contribution >= 4 is 0 Å². The molecule has 122 valence electrons. The van der Waals surface area contributed by atoms with Crippen LogP contribution < -0.4 is 5.32 Å². The summed E-state index contributed by atoms with van der Waals surface area (Å²) < 4.78 is 0. The lowest BCUT2D eigenvalue weighted by Crippen LogP contribution is -2.47. The minimum Gasteiger partial charge on any atom is -0.314 e. The Balaban J connectivity index is 1.58. The van der Waals surface area contributed by atoms with Crippen molar-refractivity contribution in [3.05, 3.63) is 0 Å². The van der Waals surface area contributed by atoms with Crippen LogP contribution in [-0.4, -0.2) is 37.1 Å². The molecule has 0 bridgehead atoms. The van der Waals surface area contributed by atoms with Crippen molar-refractivity contribution in [2.24, 2.45) is 17.3 Å². The Kier molecular flexibility index (Phi) is 5.27. The van der Waals surface area contributed by atoms with Crippen LogP contribution in [0.4, 0.5) is 0 Å². The van der Waals surface area contributed by atoms with Crippen molar-refractivity contribution in [1.82, 2.24) is 10.2 Å². The van der Waals surface area contributed by atoms with Crippen molar-refractivity contribution < 1.29 is 0 Å². The summed E-state index contributed by atoms with van der Waals surface area (Å²) in [7, 11) is 0. The maximum atomic E-state index is 3.77. The minimum atomic E-state index is 0.576. The lowest BCUT2D eigenvalue weighted by Gasteiger charge is -2.42. The van der Waals surface area contributed by atoms with E-state index in [1.165, 1.54) is 84.0 Å². The first-order valence-corrected chi connectivity index (χ1v) is 9.61. The molecule has 0 atom stereocenters. The Morgan fingerprint density at radius 2 is 1.52 bits per heavy atom. The van der Waals surface area contributed by atoms with Gasteiger partial charge in [-0.25, -0.2) is 0 Å². The SMILES string of the molecule is CC(C)NCC1(CN(CC2CC2)CC2CC2)CCCCC1. The highest BCUT2D eigenvalue weighted by molar-refractivity contribution is 4.91. The van der Waals surface area contributed by atoms with E-state index in [1.54, 1.807) is 0 Å². The summed E-state index contributed by atoms with van der Waals surface area (Å²) in [5.41, 5.74) is 0.576. The molecule has 0 aliphatic heterocycles. The van der Waals surface area contributed by atoms with E-state index in [-0.39, 0.29) is 0 Å². The fourth-order valence-corrected chi connectivity index (χ4v) is 4.12. The zero-order valence-electron chi connectivity index (χ0n) is 14.4. The van der Waals surface area contributed by atoms with Gasteiger partial charge in [0.1, 0.15) is 0 Å². The summed E-state index contributed by atoms with van der Waals surface area (Å²) in [4.78, 5) is 2.88. The second kappa shape index (κ2) is 7.00. The molecule has 0 unspecified atom stereocenters. The summed E-state index contributed by atoms with van der Waals surface area (Å²) in [5.74, 6) is 2.09. The molecular weight excluding hydrogens is 256 g/mol. The number of hydrogen-bond donors (Lipinski definition) is 1. The molecule has 3 fully saturated rings. The largest absolute Gasteiger partial charge is 0.314 e. The first kappa shape index (κ1) is 15.8. The molecule has 0 aromatic heterocycles. The third kappa shape index (κ3) is 5.25. The van der Waals surface area contributed by atoms with Gasteiger partial charge in [0.15, 0.2) is 0 Å². The Morgan fingerprint density at radius 1 is 0.952 bits per heavy atom. The van der Waals surface area contributed by atoms with E-state index in [9.17, 15) is 0 Å². The van der Waals surface area contributed by atoms with E-state index in [0.717, 1.165) is 11.8 Å². The third-order valence-electron chi connectivity index (χ3n) is 5.79. The highest BCUT2D eigenvalue weighted by Gasteiger charge is 2.37. The molecule has 3 saturated carbocycles. The van der Waals surface area contributed by atoms with Gasteiger partial charge in [-0.3, -0.25) is 0 Å². The van der Waals surface area contributed by atoms with Crippen LogP contribution in [0.15, 0.2) is 0 Å². The third-order valence-corrected chi connectivity index (χ3v) is 5.79. The van der Waals surface area contributed by atoms with Crippen molar-refractivity contribution in [1.29, 1.82) is 0 Å². The maximum absolute atomic E-state index is 3.77. The predicted octanol–water partition coefficient (Wildman–Crippen LogP) is 4.06. The van der Waals surface area contributed by atoms with E-state index < -0.39 is 0 Å². The van der Waals surface area contributed by atoms with Crippen LogP contribution in [0.3, 0.4) is 0 Å². The van der Waals surface area contributed by atoms with Crippen LogP contribution in [0.25, 0.3) is 0 Å². The van der Waals surface area contributed by atoms with Crippen molar-refractivity contribution in [3.63, 3.8) is 0 Å². The standard InChI is InChI=1S/C19H36N2/c1-16(2)20-14-19(10-4-3-5-11-19)15-21(12-17-6-7-17)13-18-8-9-18/h16-18,20H,3-15H2,1-2H3. The molecule has 1 N–H and O–H groups in total. The van der Waals surface area contributed by atoms with Crippen LogP contribution in [0, 0.1) is 17.3 Å². The first-order valence-electron chi connectivity index (χ1n) is 9.61. The number of nitrogens with one attached hydrogen (secondary N) is 1. The second-order valence-corrected chi connectivity index (χ2v) is 8.68. The van der Waals surface area contributed by atoms with E-state index in [4.69, 9.17) is 0 Å². The molecule has 3 aliphatic carbocycles. The van der Waals surface area contributed by atoms with Gasteiger partial charge in [-0.05, 0) is 55.8 Å². The highest BCUT2D eigenvalue weighted by Crippen LogP contribution is 2.40. The molecule has 2 heteroatoms. The quantitative estimate of drug-likeness (QED) is 0.689. The van der Waals surface area contributed by atoms with Gasteiger partial charge in [-0.2, -0.15) is 0 Å². The lowest BCUT2D eigenvalue weighted by molar-refractivity contribution is 0.0938. The van der Waals surface area contributed by atoms with Gasteiger partial charge < -0.3 is 10.2 Å². The fraction of sp³-hybridized carbons (Fsp3) is 1.00. The molecule has 21 heavy (non-hydrogen) atoms. The van der Waals surface area contributed by atoms with E-state index in [1.807, 2.05) is 0 Å². The van der Waals surface area contributed by atoms with Crippen molar-refractivity contribution in [2.45, 2.75) is 77.7 Å². The molecule has 3 aliphatic rings. The van der Waals surface area contributed by atoms with Gasteiger partial charge in [0.05, 0.1) is 0 Å². The summed E-state index contributed by atoms with van der Waals surface area (Å²) in [6.07, 6.45) is 13.3. The summed E-state index contributed by atoms with van der Waals surface area (Å²) in [6.45, 7) is 10.0. The Morgan fingerprint density at radius 3 is 2.00 bits per heavy atom. The zero-order valence-corrected chi connectivity index (χ0v) is 14.4. The predicted molar refractivity (Wildman–Crippen MR) is 90.5 cm³/mol. The van der Waals surface area contributed by atoms with E-state index >= 15 is 0 Å². The van der Waals surface area contributed by atoms with Gasteiger partial charge in [0.2, 0.25) is 0 Å². The van der Waals surface area contributed by atoms with Crippen LogP contribution in [0.1, 0.15) is 71.6 Å². The van der Waals surface area contributed by atoms with Crippen LogP contribution in [-0.2, 0) is 0 Å². The Bertz CT molecular complexity index is 298. The average molecular weight is 293 g/mol. The van der Waals surface area contributed by atoms with Gasteiger partial charge in [-0.15, -0.1) is 0 Å². The normalized spacial score (nSPS) is 25.7. The van der Waals surface area contributed by atoms with Gasteiger partial charge >= 0.3 is 0 Å². The number of nitrogens with zero attached hydrogens (tertiary/aromatic N) is 1. The second-order valence-electron chi connectivity index (χ2n) is 8.68. The van der Waals surface area contributed by atoms with Crippen LogP contribution in [0.2, 0.25) is 0 Å². The lowest BCUT2D eigenvalue weighted by atomic mass is 9.73.